The van der Waals surface area contributed by atoms with Gasteiger partial charge in [-0.2, -0.15) is 0 Å². The third-order valence-electron chi connectivity index (χ3n) is 8.47. The quantitative estimate of drug-likeness (QED) is 0.237. The van der Waals surface area contributed by atoms with E-state index in [-0.39, 0.29) is 47.6 Å². The zero-order valence-corrected chi connectivity index (χ0v) is 22.5. The molecule has 2 aliphatic heterocycles. The van der Waals surface area contributed by atoms with Crippen molar-refractivity contribution in [2.24, 2.45) is 0 Å². The smallest absolute Gasteiger partial charge is 0.478 e. The Labute approximate surface area is 239 Å². The van der Waals surface area contributed by atoms with Gasteiger partial charge in [0.2, 0.25) is 0 Å². The number of halogens is 3. The summed E-state index contributed by atoms with van der Waals surface area (Å²) in [7, 11) is 0. The SMILES string of the molecule is O=C(O)c1ccc2nc(N3[C@@H]4CC[C@H]3CC(OCc3c(-c5ccccc5OC(F)(F)F)noc3C3CC3)C4)ccc2c1. The van der Waals surface area contributed by atoms with Gasteiger partial charge in [0.05, 0.1) is 23.8 Å². The van der Waals surface area contributed by atoms with Gasteiger partial charge in [0.15, 0.2) is 0 Å². The van der Waals surface area contributed by atoms with E-state index in [0.29, 0.717) is 17.0 Å². The molecule has 4 heterocycles. The van der Waals surface area contributed by atoms with Crippen molar-refractivity contribution in [3.63, 3.8) is 0 Å². The van der Waals surface area contributed by atoms with Crippen LogP contribution in [-0.4, -0.2) is 45.8 Å². The van der Waals surface area contributed by atoms with Crippen molar-refractivity contribution in [1.82, 2.24) is 10.1 Å². The standard InChI is InChI=1S/C31H28F3N3O5/c32-31(33,34)41-26-4-2-1-3-23(26)28-24(29(42-36-28)17-5-6-17)16-40-22-14-20-9-10-21(15-22)37(20)27-12-8-18-13-19(30(38)39)7-11-25(18)35-27/h1-4,7-8,11-13,17,20-22H,5-6,9-10,14-16H2,(H,38,39)/t20-,21+,22?. The third kappa shape index (κ3) is 5.17. The molecule has 2 aromatic carbocycles. The number of fused-ring (bicyclic) bond motifs is 3. The van der Waals surface area contributed by atoms with Gasteiger partial charge < -0.3 is 24.0 Å². The minimum absolute atomic E-state index is 0.0335. The largest absolute Gasteiger partial charge is 0.573 e. The van der Waals surface area contributed by atoms with Gasteiger partial charge in [0.1, 0.15) is 23.0 Å². The van der Waals surface area contributed by atoms with Gasteiger partial charge in [-0.15, -0.1) is 13.2 Å². The number of hydrogen-bond acceptors (Lipinski definition) is 7. The van der Waals surface area contributed by atoms with Gasteiger partial charge in [-0.25, -0.2) is 9.78 Å². The predicted molar refractivity (Wildman–Crippen MR) is 146 cm³/mol. The van der Waals surface area contributed by atoms with Crippen LogP contribution in [0.2, 0.25) is 0 Å². The molecule has 0 spiro atoms. The van der Waals surface area contributed by atoms with Crippen LogP contribution in [0, 0.1) is 0 Å². The van der Waals surface area contributed by atoms with Gasteiger partial charge >= 0.3 is 12.3 Å². The molecule has 0 amide bonds. The van der Waals surface area contributed by atoms with Crippen LogP contribution in [0.5, 0.6) is 5.75 Å². The lowest BCUT2D eigenvalue weighted by atomic mass is 9.99. The summed E-state index contributed by atoms with van der Waals surface area (Å²) in [4.78, 5) is 18.5. The number of ether oxygens (including phenoxy) is 2. The van der Waals surface area contributed by atoms with Crippen molar-refractivity contribution in [3.8, 4) is 17.0 Å². The van der Waals surface area contributed by atoms with Crippen LogP contribution in [0.15, 0.2) is 59.1 Å². The molecule has 7 rings (SSSR count). The Hall–Kier alpha value is -4.12. The number of nitrogens with zero attached hydrogens (tertiary/aromatic N) is 3. The van der Waals surface area contributed by atoms with Crippen molar-refractivity contribution in [2.75, 3.05) is 4.90 Å². The number of anilines is 1. The van der Waals surface area contributed by atoms with Crippen LogP contribution in [0.25, 0.3) is 22.2 Å². The van der Waals surface area contributed by atoms with Crippen LogP contribution in [0.4, 0.5) is 19.0 Å². The lowest BCUT2D eigenvalue weighted by Gasteiger charge is -2.39. The second-order valence-corrected chi connectivity index (χ2v) is 11.3. The molecule has 1 N–H and O–H groups in total. The second-order valence-electron chi connectivity index (χ2n) is 11.3. The average Bonchev–Trinajstić information content (AvgIpc) is 3.66. The molecule has 218 valence electrons. The lowest BCUT2D eigenvalue weighted by molar-refractivity contribution is -0.274. The Bertz CT molecular complexity index is 1640. The highest BCUT2D eigenvalue weighted by molar-refractivity contribution is 5.93. The number of carbonyl (C=O) groups is 1. The molecule has 4 aromatic rings. The van der Waals surface area contributed by atoms with Gasteiger partial charge in [-0.05, 0) is 81.0 Å². The fourth-order valence-electron chi connectivity index (χ4n) is 6.45. The van der Waals surface area contributed by atoms with Crippen LogP contribution in [0.1, 0.15) is 66.1 Å². The molecule has 1 aliphatic carbocycles. The fraction of sp³-hybridized carbons (Fsp3) is 0.387. The number of aromatic carboxylic acids is 1. The van der Waals surface area contributed by atoms with Crippen LogP contribution < -0.4 is 9.64 Å². The third-order valence-corrected chi connectivity index (χ3v) is 8.47. The summed E-state index contributed by atoms with van der Waals surface area (Å²) in [6, 6.07) is 15.2. The van der Waals surface area contributed by atoms with Crippen molar-refractivity contribution in [3.05, 3.63) is 71.5 Å². The number of rotatable bonds is 8. The Morgan fingerprint density at radius 3 is 2.50 bits per heavy atom. The molecular weight excluding hydrogens is 551 g/mol. The molecule has 2 aromatic heterocycles. The number of pyridine rings is 1. The average molecular weight is 580 g/mol. The normalized spacial score (nSPS) is 22.1. The van der Waals surface area contributed by atoms with Gasteiger partial charge in [0, 0.05) is 34.5 Å². The zero-order chi connectivity index (χ0) is 29.0. The Morgan fingerprint density at radius 2 is 1.79 bits per heavy atom. The molecule has 8 nitrogen and oxygen atoms in total. The summed E-state index contributed by atoms with van der Waals surface area (Å²) in [5.74, 6) is 0.454. The first-order valence-electron chi connectivity index (χ1n) is 14.1. The summed E-state index contributed by atoms with van der Waals surface area (Å²) >= 11 is 0. The molecule has 2 saturated heterocycles. The number of para-hydroxylation sites is 1. The Balaban J connectivity index is 1.09. The minimum atomic E-state index is -4.83. The van der Waals surface area contributed by atoms with E-state index in [9.17, 15) is 23.1 Å². The van der Waals surface area contributed by atoms with Crippen LogP contribution in [-0.2, 0) is 11.3 Å². The van der Waals surface area contributed by atoms with Gasteiger partial charge in [-0.1, -0.05) is 17.3 Å². The van der Waals surface area contributed by atoms with E-state index in [0.717, 1.165) is 55.2 Å². The number of alkyl halides is 3. The van der Waals surface area contributed by atoms with E-state index >= 15 is 0 Å². The molecule has 42 heavy (non-hydrogen) atoms. The maximum atomic E-state index is 13.1. The lowest BCUT2D eigenvalue weighted by Crippen LogP contribution is -2.46. The molecule has 3 aliphatic rings. The second kappa shape index (κ2) is 10.3. The summed E-state index contributed by atoms with van der Waals surface area (Å²) in [5.41, 5.74) is 2.20. The number of piperidine rings is 1. The van der Waals surface area contributed by atoms with Crippen molar-refractivity contribution in [1.29, 1.82) is 0 Å². The van der Waals surface area contributed by atoms with Gasteiger partial charge in [-0.3, -0.25) is 0 Å². The van der Waals surface area contributed by atoms with E-state index in [4.69, 9.17) is 14.2 Å². The number of hydrogen-bond donors (Lipinski definition) is 1. The Morgan fingerprint density at radius 1 is 1.02 bits per heavy atom. The van der Waals surface area contributed by atoms with E-state index in [1.54, 1.807) is 30.3 Å². The molecule has 11 heteroatoms. The maximum Gasteiger partial charge on any atom is 0.573 e. The predicted octanol–water partition coefficient (Wildman–Crippen LogP) is 7.08. The topological polar surface area (TPSA) is 97.9 Å². The van der Waals surface area contributed by atoms with Crippen LogP contribution >= 0.6 is 0 Å². The number of benzene rings is 2. The molecule has 0 radical (unpaired) electrons. The Kier molecular flexibility index (Phi) is 6.56. The highest BCUT2D eigenvalue weighted by Gasteiger charge is 2.42. The molecule has 1 unspecified atom stereocenters. The molecule has 2 bridgehead atoms. The molecule has 3 atom stereocenters. The van der Waals surface area contributed by atoms with E-state index in [1.807, 2.05) is 12.1 Å². The van der Waals surface area contributed by atoms with E-state index < -0.39 is 12.3 Å². The zero-order valence-electron chi connectivity index (χ0n) is 22.5. The molecular formula is C31H28F3N3O5. The number of aromatic nitrogens is 2. The van der Waals surface area contributed by atoms with Crippen molar-refractivity contribution in [2.45, 2.75) is 75.6 Å². The monoisotopic (exact) mass is 579 g/mol. The summed E-state index contributed by atoms with van der Waals surface area (Å²) in [5, 5.41) is 14.2. The first-order valence-corrected chi connectivity index (χ1v) is 14.1. The summed E-state index contributed by atoms with van der Waals surface area (Å²) < 4.78 is 55.7. The van der Waals surface area contributed by atoms with Crippen LogP contribution in [0.3, 0.4) is 0 Å². The van der Waals surface area contributed by atoms with E-state index in [2.05, 4.69) is 14.8 Å². The van der Waals surface area contributed by atoms with Crippen molar-refractivity contribution < 1.29 is 37.1 Å². The molecule has 3 fully saturated rings. The maximum absolute atomic E-state index is 13.1. The molecule has 1 saturated carbocycles. The fourth-order valence-corrected chi connectivity index (χ4v) is 6.45. The minimum Gasteiger partial charge on any atom is -0.478 e. The first kappa shape index (κ1) is 26.8. The van der Waals surface area contributed by atoms with E-state index in [1.165, 1.54) is 12.1 Å². The summed E-state index contributed by atoms with van der Waals surface area (Å²) in [6.45, 7) is 0.190. The highest BCUT2D eigenvalue weighted by atomic mass is 19.4. The number of carboxylic acids is 1. The number of carboxylic acid groups (broad SMARTS) is 1. The van der Waals surface area contributed by atoms with Gasteiger partial charge in [0.25, 0.3) is 0 Å². The summed E-state index contributed by atoms with van der Waals surface area (Å²) in [6.07, 6.45) is 0.635. The highest BCUT2D eigenvalue weighted by Crippen LogP contribution is 2.46. The van der Waals surface area contributed by atoms with Crippen molar-refractivity contribution >= 4 is 22.7 Å². The first-order chi connectivity index (χ1) is 20.2.